The molecule has 0 amide bonds. The first-order valence-electron chi connectivity index (χ1n) is 10.7. The molecule has 0 heterocycles. The van der Waals surface area contributed by atoms with Gasteiger partial charge in [-0.3, -0.25) is 10.9 Å². The van der Waals surface area contributed by atoms with Crippen molar-refractivity contribution in [1.29, 1.82) is 0 Å². The zero-order valence-corrected chi connectivity index (χ0v) is 22.2. The number of hydrogen-bond acceptors (Lipinski definition) is 6. The number of nitrogens with zero attached hydrogens (tertiary/aromatic N) is 4. The Morgan fingerprint density at radius 1 is 0.541 bits per heavy atom. The fraction of sp³-hybridized carbons (Fsp3) is 0. The predicted octanol–water partition coefficient (Wildman–Crippen LogP) is 6.94. The van der Waals surface area contributed by atoms with Gasteiger partial charge in [-0.2, -0.15) is 36.4 Å². The van der Waals surface area contributed by atoms with Crippen LogP contribution >= 0.6 is 24.4 Å². The second-order valence-corrected chi connectivity index (χ2v) is 7.53. The molecule has 0 aromatic heterocycles. The standard InChI is InChI=1S/2C13H11N4S.Mn/c2*18-13(16-14-11-7-3-1-4-8-11)17-15-12-9-5-2-6-10-12;/h2*1,3-10,15H,(H,17,18);/q2*-1;+2. The van der Waals surface area contributed by atoms with E-state index in [1.807, 2.05) is 84.9 Å². The molecule has 37 heavy (non-hydrogen) atoms. The third-order valence-electron chi connectivity index (χ3n) is 4.09. The molecule has 0 bridgehead atoms. The van der Waals surface area contributed by atoms with Crippen LogP contribution < -0.4 is 21.7 Å². The van der Waals surface area contributed by atoms with Gasteiger partial charge < -0.3 is 10.9 Å². The maximum atomic E-state index is 5.01. The SMILES string of the molecule is S=C(N=Nc1ccccc1)NNc1cc[c-]cc1.S=C(N=Nc1ccccc1)NNc1cc[c-]cc1.[Mn+2]. The Morgan fingerprint density at radius 2 is 0.892 bits per heavy atom. The van der Waals surface area contributed by atoms with Crippen molar-refractivity contribution in [1.82, 2.24) is 10.9 Å². The molecule has 0 aliphatic heterocycles. The topological polar surface area (TPSA) is 97.6 Å². The summed E-state index contributed by atoms with van der Waals surface area (Å²) < 4.78 is 0. The average Bonchev–Trinajstić information content (AvgIpc) is 2.95. The number of anilines is 2. The Morgan fingerprint density at radius 3 is 1.24 bits per heavy atom. The van der Waals surface area contributed by atoms with Gasteiger partial charge in [-0.15, -0.1) is 44.7 Å². The van der Waals surface area contributed by atoms with Crippen molar-refractivity contribution >= 4 is 57.4 Å². The van der Waals surface area contributed by atoms with Gasteiger partial charge in [-0.25, -0.2) is 0 Å². The van der Waals surface area contributed by atoms with Gasteiger partial charge in [0, 0.05) is 0 Å². The summed E-state index contributed by atoms with van der Waals surface area (Å²) in [5.74, 6) is 0. The molecule has 0 saturated carbocycles. The van der Waals surface area contributed by atoms with Gasteiger partial charge >= 0.3 is 17.1 Å². The van der Waals surface area contributed by atoms with Crippen molar-refractivity contribution in [2.75, 3.05) is 10.9 Å². The maximum Gasteiger partial charge on any atom is 2.00 e. The van der Waals surface area contributed by atoms with E-state index in [-0.39, 0.29) is 27.3 Å². The molecule has 8 nitrogen and oxygen atoms in total. The largest absolute Gasteiger partial charge is 2.00 e. The van der Waals surface area contributed by atoms with E-state index < -0.39 is 0 Å². The minimum absolute atomic E-state index is 0. The van der Waals surface area contributed by atoms with Crippen LogP contribution in [0, 0.1) is 12.1 Å². The van der Waals surface area contributed by atoms with E-state index in [2.05, 4.69) is 54.3 Å². The average molecular weight is 566 g/mol. The van der Waals surface area contributed by atoms with Gasteiger partial charge in [-0.1, -0.05) is 47.8 Å². The van der Waals surface area contributed by atoms with Crippen molar-refractivity contribution in [2.45, 2.75) is 0 Å². The molecule has 4 N–H and O–H groups in total. The summed E-state index contributed by atoms with van der Waals surface area (Å²) in [4.78, 5) is 0. The van der Waals surface area contributed by atoms with E-state index in [4.69, 9.17) is 24.4 Å². The minimum Gasteiger partial charge on any atom is -0.323 e. The second kappa shape index (κ2) is 17.4. The number of thiocarbonyl (C=S) groups is 2. The number of nitrogens with one attached hydrogen (secondary N) is 4. The summed E-state index contributed by atoms with van der Waals surface area (Å²) in [6.07, 6.45) is 0. The molecule has 0 aliphatic carbocycles. The molecular formula is C26H22MnN8S2. The molecule has 0 fully saturated rings. The van der Waals surface area contributed by atoms with Crippen LogP contribution in [0.5, 0.6) is 0 Å². The second-order valence-electron chi connectivity index (χ2n) is 6.76. The molecule has 0 atom stereocenters. The molecule has 4 rings (SSSR count). The maximum absolute atomic E-state index is 5.01. The first kappa shape index (κ1) is 29.2. The van der Waals surface area contributed by atoms with Crippen LogP contribution in [0.25, 0.3) is 0 Å². The van der Waals surface area contributed by atoms with Crippen LogP contribution in [-0.2, 0) is 17.1 Å². The molecule has 0 unspecified atom stereocenters. The summed E-state index contributed by atoms with van der Waals surface area (Å²) in [7, 11) is 0. The van der Waals surface area contributed by atoms with Gasteiger partial charge in [0.2, 0.25) is 10.2 Å². The monoisotopic (exact) mass is 565 g/mol. The van der Waals surface area contributed by atoms with Crippen LogP contribution in [0.3, 0.4) is 0 Å². The van der Waals surface area contributed by atoms with E-state index in [1.54, 1.807) is 24.3 Å². The number of hydrazine groups is 2. The summed E-state index contributed by atoms with van der Waals surface area (Å²) >= 11 is 10.0. The molecular weight excluding hydrogens is 543 g/mol. The number of hydrogen-bond donors (Lipinski definition) is 4. The Hall–Kier alpha value is -4.02. The van der Waals surface area contributed by atoms with Gasteiger partial charge in [-0.05, 0) is 48.7 Å². The van der Waals surface area contributed by atoms with Crippen molar-refractivity contribution in [2.24, 2.45) is 20.5 Å². The summed E-state index contributed by atoms with van der Waals surface area (Å²) in [5, 5.41) is 16.3. The van der Waals surface area contributed by atoms with Gasteiger partial charge in [0.1, 0.15) is 0 Å². The molecule has 0 spiro atoms. The van der Waals surface area contributed by atoms with Crippen molar-refractivity contribution in [3.8, 4) is 0 Å². The van der Waals surface area contributed by atoms with Crippen LogP contribution in [-0.4, -0.2) is 10.2 Å². The van der Waals surface area contributed by atoms with Crippen molar-refractivity contribution < 1.29 is 17.1 Å². The van der Waals surface area contributed by atoms with Gasteiger partial charge in [0.15, 0.2) is 0 Å². The van der Waals surface area contributed by atoms with Crippen LogP contribution in [0.15, 0.2) is 130 Å². The Labute approximate surface area is 237 Å². The zero-order chi connectivity index (χ0) is 25.3. The molecule has 4 aromatic carbocycles. The fourth-order valence-corrected chi connectivity index (χ4v) is 2.62. The van der Waals surface area contributed by atoms with Crippen LogP contribution in [0.1, 0.15) is 0 Å². The third-order valence-corrected chi connectivity index (χ3v) is 4.46. The molecule has 185 valence electrons. The summed E-state index contributed by atoms with van der Waals surface area (Å²) in [5.41, 5.74) is 14.7. The van der Waals surface area contributed by atoms with E-state index in [9.17, 15) is 0 Å². The quantitative estimate of drug-likeness (QED) is 0.0665. The predicted molar refractivity (Wildman–Crippen MR) is 151 cm³/mol. The van der Waals surface area contributed by atoms with Crippen LogP contribution in [0.2, 0.25) is 0 Å². The Kier molecular flexibility index (Phi) is 13.7. The van der Waals surface area contributed by atoms with Crippen LogP contribution in [0.4, 0.5) is 22.7 Å². The molecule has 1 radical (unpaired) electrons. The Bertz CT molecular complexity index is 1160. The first-order valence-corrected chi connectivity index (χ1v) is 11.5. The zero-order valence-electron chi connectivity index (χ0n) is 19.4. The summed E-state index contributed by atoms with van der Waals surface area (Å²) in [6.45, 7) is 0. The number of rotatable bonds is 6. The molecule has 0 aliphatic rings. The minimum atomic E-state index is 0. The molecule has 11 heteroatoms. The van der Waals surface area contributed by atoms with Gasteiger partial charge in [0.25, 0.3) is 0 Å². The fourth-order valence-electron chi connectivity index (χ4n) is 2.44. The molecule has 0 saturated heterocycles. The summed E-state index contributed by atoms with van der Waals surface area (Å²) in [6, 6.07) is 39.4. The van der Waals surface area contributed by atoms with E-state index in [0.717, 1.165) is 22.7 Å². The Balaban J connectivity index is 0.000000253. The van der Waals surface area contributed by atoms with Crippen molar-refractivity contribution in [3.05, 3.63) is 121 Å². The van der Waals surface area contributed by atoms with E-state index in [0.29, 0.717) is 0 Å². The molecule has 4 aromatic rings. The number of benzene rings is 4. The van der Waals surface area contributed by atoms with Crippen molar-refractivity contribution in [3.63, 3.8) is 0 Å². The van der Waals surface area contributed by atoms with E-state index in [1.165, 1.54) is 0 Å². The first-order chi connectivity index (χ1) is 17.7. The van der Waals surface area contributed by atoms with Gasteiger partial charge in [0.05, 0.1) is 11.4 Å². The number of azo groups is 2. The normalized spacial score (nSPS) is 9.95. The van der Waals surface area contributed by atoms with E-state index >= 15 is 0 Å². The third kappa shape index (κ3) is 12.5. The smallest absolute Gasteiger partial charge is 0.323 e.